The number of aliphatic imine (C=N–C) groups is 1. The second-order valence-corrected chi connectivity index (χ2v) is 7.20. The average molecular weight is 435 g/mol. The summed E-state index contributed by atoms with van der Waals surface area (Å²) < 4.78 is 55.5. The summed E-state index contributed by atoms with van der Waals surface area (Å²) in [5, 5.41) is 1.50. The van der Waals surface area contributed by atoms with Crippen molar-refractivity contribution in [3.05, 3.63) is 69.8 Å². The van der Waals surface area contributed by atoms with E-state index in [2.05, 4.69) is 15.0 Å². The Balaban J connectivity index is 2.02. The number of hydrogen-bond acceptors (Lipinski definition) is 6. The van der Waals surface area contributed by atoms with Crippen LogP contribution < -0.4 is 5.73 Å². The molecule has 3 aromatic rings. The lowest BCUT2D eigenvalue weighted by molar-refractivity contribution is -0.129. The molecule has 11 heteroatoms. The number of alkyl halides is 2. The van der Waals surface area contributed by atoms with E-state index in [0.29, 0.717) is 0 Å². The molecule has 6 nitrogen and oxygen atoms in total. The molecule has 0 saturated carbocycles. The van der Waals surface area contributed by atoms with Gasteiger partial charge in [-0.1, -0.05) is 6.07 Å². The first-order valence-corrected chi connectivity index (χ1v) is 9.47. The molecule has 2 aromatic heterocycles. The fourth-order valence-corrected chi connectivity index (χ4v) is 3.80. The van der Waals surface area contributed by atoms with Gasteiger partial charge in [0, 0.05) is 18.0 Å². The molecule has 1 aliphatic rings. The Morgan fingerprint density at radius 2 is 2.00 bits per heavy atom. The van der Waals surface area contributed by atoms with Crippen molar-refractivity contribution in [1.82, 2.24) is 14.9 Å². The van der Waals surface area contributed by atoms with Crippen LogP contribution >= 0.6 is 11.3 Å². The minimum absolute atomic E-state index is 0.111. The highest BCUT2D eigenvalue weighted by molar-refractivity contribution is 7.07. The van der Waals surface area contributed by atoms with E-state index in [1.807, 2.05) is 0 Å². The van der Waals surface area contributed by atoms with Crippen molar-refractivity contribution in [3.8, 4) is 11.3 Å². The number of pyridine rings is 1. The Labute approximate surface area is 171 Å². The van der Waals surface area contributed by atoms with Crippen LogP contribution in [0.3, 0.4) is 0 Å². The van der Waals surface area contributed by atoms with Crippen molar-refractivity contribution in [1.29, 1.82) is 0 Å². The quantitative estimate of drug-likeness (QED) is 0.637. The van der Waals surface area contributed by atoms with E-state index < -0.39 is 35.2 Å². The molecule has 3 heterocycles. The van der Waals surface area contributed by atoms with Crippen LogP contribution in [-0.4, -0.2) is 33.8 Å². The minimum Gasteiger partial charge on any atom is -0.369 e. The Morgan fingerprint density at radius 1 is 1.23 bits per heavy atom. The van der Waals surface area contributed by atoms with Crippen LogP contribution in [0.2, 0.25) is 0 Å². The van der Waals surface area contributed by atoms with Gasteiger partial charge in [-0.25, -0.2) is 32.5 Å². The van der Waals surface area contributed by atoms with Crippen LogP contribution in [0.15, 0.2) is 46.2 Å². The molecule has 1 aliphatic heterocycles. The SMILES string of the molecule is CN1C(=O)C(c2cc(F)c(F)c(-c3cscn3)c2)(c2cccc(C(F)F)n2)N=C1N. The summed E-state index contributed by atoms with van der Waals surface area (Å²) in [6.45, 7) is 0. The van der Waals surface area contributed by atoms with Gasteiger partial charge in [-0.15, -0.1) is 11.3 Å². The number of guanidine groups is 1. The molecule has 4 rings (SSSR count). The summed E-state index contributed by atoms with van der Waals surface area (Å²) in [6.07, 6.45) is -2.91. The highest BCUT2D eigenvalue weighted by Crippen LogP contribution is 2.41. The fourth-order valence-electron chi connectivity index (χ4n) is 3.25. The lowest BCUT2D eigenvalue weighted by Gasteiger charge is -2.26. The molecule has 0 aliphatic carbocycles. The van der Waals surface area contributed by atoms with Gasteiger partial charge in [0.05, 0.1) is 16.9 Å². The first-order valence-electron chi connectivity index (χ1n) is 8.53. The third-order valence-electron chi connectivity index (χ3n) is 4.76. The molecular weight excluding hydrogens is 422 g/mol. The molecule has 1 aromatic carbocycles. The van der Waals surface area contributed by atoms with E-state index in [0.717, 1.165) is 17.0 Å². The van der Waals surface area contributed by atoms with E-state index >= 15 is 0 Å². The molecule has 0 saturated heterocycles. The van der Waals surface area contributed by atoms with Gasteiger partial charge in [0.25, 0.3) is 12.3 Å². The fraction of sp³-hybridized carbons (Fsp3) is 0.158. The lowest BCUT2D eigenvalue weighted by atomic mass is 9.84. The second-order valence-electron chi connectivity index (χ2n) is 6.49. The number of benzene rings is 1. The van der Waals surface area contributed by atoms with Gasteiger partial charge in [0.15, 0.2) is 17.6 Å². The smallest absolute Gasteiger partial charge is 0.280 e. The highest BCUT2D eigenvalue weighted by atomic mass is 32.1. The van der Waals surface area contributed by atoms with Gasteiger partial charge in [-0.2, -0.15) is 0 Å². The predicted octanol–water partition coefficient (Wildman–Crippen LogP) is 3.45. The molecule has 0 spiro atoms. The van der Waals surface area contributed by atoms with Crippen molar-refractivity contribution in [3.63, 3.8) is 0 Å². The molecular formula is C19H13F4N5OS. The van der Waals surface area contributed by atoms with Gasteiger partial charge in [0.1, 0.15) is 5.69 Å². The van der Waals surface area contributed by atoms with E-state index in [1.54, 1.807) is 0 Å². The summed E-state index contributed by atoms with van der Waals surface area (Å²) in [5.41, 5.74) is 4.26. The third-order valence-corrected chi connectivity index (χ3v) is 5.35. The molecule has 0 bridgehead atoms. The lowest BCUT2D eigenvalue weighted by Crippen LogP contribution is -2.41. The summed E-state index contributed by atoms with van der Waals surface area (Å²) in [7, 11) is 1.33. The molecule has 1 atom stereocenters. The maximum Gasteiger partial charge on any atom is 0.280 e. The zero-order chi connectivity index (χ0) is 21.6. The molecule has 1 unspecified atom stereocenters. The average Bonchev–Trinajstić information content (AvgIpc) is 3.34. The van der Waals surface area contributed by atoms with Crippen molar-refractivity contribution in [2.45, 2.75) is 12.0 Å². The molecule has 1 amide bonds. The van der Waals surface area contributed by atoms with Gasteiger partial charge < -0.3 is 5.73 Å². The number of amides is 1. The zero-order valence-electron chi connectivity index (χ0n) is 15.3. The van der Waals surface area contributed by atoms with E-state index in [-0.39, 0.29) is 28.5 Å². The minimum atomic E-state index is -2.91. The van der Waals surface area contributed by atoms with Crippen molar-refractivity contribution < 1.29 is 22.4 Å². The summed E-state index contributed by atoms with van der Waals surface area (Å²) in [6, 6.07) is 5.67. The summed E-state index contributed by atoms with van der Waals surface area (Å²) in [4.78, 5) is 26.2. The molecule has 2 N–H and O–H groups in total. The number of carbonyl (C=O) groups excluding carboxylic acids is 1. The predicted molar refractivity (Wildman–Crippen MR) is 102 cm³/mol. The van der Waals surface area contributed by atoms with Gasteiger partial charge >= 0.3 is 0 Å². The summed E-state index contributed by atoms with van der Waals surface area (Å²) in [5.74, 6) is -3.38. The van der Waals surface area contributed by atoms with E-state index in [9.17, 15) is 22.4 Å². The zero-order valence-corrected chi connectivity index (χ0v) is 16.1. The normalized spacial score (nSPS) is 18.9. The van der Waals surface area contributed by atoms with Crippen LogP contribution in [0.5, 0.6) is 0 Å². The van der Waals surface area contributed by atoms with Crippen LogP contribution in [-0.2, 0) is 10.3 Å². The molecule has 0 radical (unpaired) electrons. The molecule has 154 valence electrons. The number of likely N-dealkylation sites (N-methyl/N-ethyl adjacent to an activating group) is 1. The Bertz CT molecular complexity index is 1170. The highest BCUT2D eigenvalue weighted by Gasteiger charge is 2.51. The maximum absolute atomic E-state index is 14.6. The molecule has 0 fully saturated rings. The van der Waals surface area contributed by atoms with E-state index in [4.69, 9.17) is 5.73 Å². The van der Waals surface area contributed by atoms with Crippen LogP contribution in [0.25, 0.3) is 11.3 Å². The first-order chi connectivity index (χ1) is 14.3. The number of hydrogen-bond donors (Lipinski definition) is 1. The Kier molecular flexibility index (Phi) is 4.77. The van der Waals surface area contributed by atoms with Crippen molar-refractivity contribution in [2.24, 2.45) is 10.7 Å². The van der Waals surface area contributed by atoms with Crippen molar-refractivity contribution >= 4 is 23.2 Å². The third kappa shape index (κ3) is 2.93. The Morgan fingerprint density at radius 3 is 2.60 bits per heavy atom. The van der Waals surface area contributed by atoms with Crippen LogP contribution in [0, 0.1) is 11.6 Å². The number of nitrogens with zero attached hydrogens (tertiary/aromatic N) is 4. The Hall–Kier alpha value is -3.34. The van der Waals surface area contributed by atoms with Crippen LogP contribution in [0.4, 0.5) is 17.6 Å². The second kappa shape index (κ2) is 7.17. The maximum atomic E-state index is 14.6. The number of thiazole rings is 1. The monoisotopic (exact) mass is 435 g/mol. The topological polar surface area (TPSA) is 84.5 Å². The number of aromatic nitrogens is 2. The van der Waals surface area contributed by atoms with Crippen LogP contribution in [0.1, 0.15) is 23.4 Å². The van der Waals surface area contributed by atoms with Gasteiger partial charge in [0.2, 0.25) is 5.54 Å². The number of carbonyl (C=O) groups is 1. The first kappa shape index (κ1) is 20.0. The largest absolute Gasteiger partial charge is 0.369 e. The van der Waals surface area contributed by atoms with E-state index in [1.165, 1.54) is 47.5 Å². The van der Waals surface area contributed by atoms with Crippen molar-refractivity contribution in [2.75, 3.05) is 7.05 Å². The number of nitrogens with two attached hydrogens (primary N) is 1. The van der Waals surface area contributed by atoms with Gasteiger partial charge in [-0.05, 0) is 29.8 Å². The number of halogens is 4. The summed E-state index contributed by atoms with van der Waals surface area (Å²) >= 11 is 1.17. The molecule has 30 heavy (non-hydrogen) atoms. The van der Waals surface area contributed by atoms with Gasteiger partial charge in [-0.3, -0.25) is 9.69 Å². The number of rotatable bonds is 4. The standard InChI is InChI=1S/C19H13F4N5OS/c1-28-17(29)19(27-18(28)24,14-4-2-3-12(26-14)16(22)23)9-5-10(13-7-30-8-25-13)15(21)11(20)6-9/h2-8,16H,1H3,(H2,24,27).